The molecule has 0 spiro atoms. The second-order valence-corrected chi connectivity index (χ2v) is 17.4. The third-order valence-corrected chi connectivity index (χ3v) is 16.0. The largest absolute Gasteiger partial charge is 0.299 e. The first-order valence-corrected chi connectivity index (χ1v) is 18.1. The summed E-state index contributed by atoms with van der Waals surface area (Å²) in [7, 11) is 0. The maximum absolute atomic E-state index is 12.8. The van der Waals surface area contributed by atoms with Crippen LogP contribution in [0, 0.1) is 57.2 Å². The lowest BCUT2D eigenvalue weighted by molar-refractivity contribution is -0.232. The summed E-state index contributed by atoms with van der Waals surface area (Å²) in [4.78, 5) is 38.0. The Balaban J connectivity index is 0.865. The van der Waals surface area contributed by atoms with Crippen molar-refractivity contribution in [2.45, 2.75) is 143 Å². The molecule has 12 atom stereocenters. The minimum absolute atomic E-state index is 0.0510. The third kappa shape index (κ3) is 4.18. The molecule has 0 aliphatic heterocycles. The zero-order valence-electron chi connectivity index (χ0n) is 27.2. The molecule has 6 fully saturated rings. The number of rotatable bonds is 4. The SMILES string of the molecule is CC12CCC3C(CC=C4CC(ONOC5CCC6(C)C(=CCC7C8CCC(=O)C8(C)CCC76)C5)CCC43C)C1CCC2=O. The monoisotopic (exact) mass is 589 g/mol. The number of carbonyl (C=O) groups excluding carboxylic acids is 2. The van der Waals surface area contributed by atoms with Crippen molar-refractivity contribution in [1.29, 1.82) is 0 Å². The first-order chi connectivity index (χ1) is 20.6. The Morgan fingerprint density at radius 1 is 0.581 bits per heavy atom. The van der Waals surface area contributed by atoms with Crippen molar-refractivity contribution in [3.63, 3.8) is 0 Å². The summed E-state index contributed by atoms with van der Waals surface area (Å²) in [6, 6.07) is 0. The molecule has 43 heavy (non-hydrogen) atoms. The number of fused-ring (bicyclic) bond motifs is 10. The van der Waals surface area contributed by atoms with Crippen LogP contribution in [0.25, 0.3) is 0 Å². The normalized spacial score (nSPS) is 52.2. The van der Waals surface area contributed by atoms with Crippen molar-refractivity contribution >= 4 is 11.6 Å². The van der Waals surface area contributed by atoms with Crippen LogP contribution in [0.5, 0.6) is 0 Å². The molecular weight excluding hydrogens is 534 g/mol. The van der Waals surface area contributed by atoms with Crippen molar-refractivity contribution in [1.82, 2.24) is 5.64 Å². The summed E-state index contributed by atoms with van der Waals surface area (Å²) < 4.78 is 0. The van der Waals surface area contributed by atoms with Gasteiger partial charge in [-0.2, -0.15) is 0 Å². The zero-order valence-corrected chi connectivity index (χ0v) is 27.2. The summed E-state index contributed by atoms with van der Waals surface area (Å²) in [6.07, 6.45) is 22.6. The average Bonchev–Trinajstić information content (AvgIpc) is 3.47. The predicted octanol–water partition coefficient (Wildman–Crippen LogP) is 8.24. The van der Waals surface area contributed by atoms with E-state index in [0.29, 0.717) is 47.1 Å². The highest BCUT2D eigenvalue weighted by Gasteiger charge is 2.60. The molecule has 0 bridgehead atoms. The van der Waals surface area contributed by atoms with E-state index in [4.69, 9.17) is 9.68 Å². The maximum Gasteiger partial charge on any atom is 0.139 e. The topological polar surface area (TPSA) is 64.6 Å². The molecule has 5 heteroatoms. The number of Topliss-reactive ketones (excluding diaryl/α,β-unsaturated/α-hetero) is 2. The molecular formula is C38H55NO4. The van der Waals surface area contributed by atoms with Gasteiger partial charge in [-0.15, -0.1) is 0 Å². The maximum atomic E-state index is 12.8. The van der Waals surface area contributed by atoms with E-state index in [1.165, 1.54) is 25.7 Å². The van der Waals surface area contributed by atoms with Gasteiger partial charge in [-0.1, -0.05) is 56.6 Å². The number of hydrogen-bond donors (Lipinski definition) is 1. The Morgan fingerprint density at radius 3 is 1.42 bits per heavy atom. The van der Waals surface area contributed by atoms with Crippen molar-refractivity contribution < 1.29 is 19.3 Å². The summed E-state index contributed by atoms with van der Waals surface area (Å²) in [5, 5.41) is 0. The van der Waals surface area contributed by atoms with Crippen LogP contribution < -0.4 is 5.64 Å². The molecule has 8 rings (SSSR count). The molecule has 0 heterocycles. The van der Waals surface area contributed by atoms with E-state index in [9.17, 15) is 9.59 Å². The number of hydrogen-bond acceptors (Lipinski definition) is 5. The number of nitrogens with one attached hydrogen (secondary N) is 1. The minimum Gasteiger partial charge on any atom is -0.299 e. The lowest BCUT2D eigenvalue weighted by Crippen LogP contribution is -2.51. The van der Waals surface area contributed by atoms with Crippen LogP contribution in [-0.4, -0.2) is 23.8 Å². The van der Waals surface area contributed by atoms with E-state index in [-0.39, 0.29) is 33.9 Å². The van der Waals surface area contributed by atoms with Crippen LogP contribution in [0.1, 0.15) is 130 Å². The van der Waals surface area contributed by atoms with Gasteiger partial charge in [0.15, 0.2) is 0 Å². The number of allylic oxidation sites excluding steroid dienone is 2. The Bertz CT molecular complexity index is 1160. The van der Waals surface area contributed by atoms with Crippen molar-refractivity contribution in [2.75, 3.05) is 0 Å². The molecule has 8 aliphatic rings. The second-order valence-electron chi connectivity index (χ2n) is 17.4. The Kier molecular flexibility index (Phi) is 6.84. The van der Waals surface area contributed by atoms with Crippen LogP contribution in [-0.2, 0) is 19.3 Å². The molecule has 0 aromatic carbocycles. The molecule has 5 nitrogen and oxygen atoms in total. The lowest BCUT2D eigenvalue weighted by atomic mass is 9.48. The Hall–Kier alpha value is -1.30. The van der Waals surface area contributed by atoms with Gasteiger partial charge in [0.2, 0.25) is 0 Å². The third-order valence-electron chi connectivity index (χ3n) is 16.0. The van der Waals surface area contributed by atoms with E-state index in [2.05, 4.69) is 45.5 Å². The van der Waals surface area contributed by atoms with Crippen molar-refractivity contribution in [2.24, 2.45) is 57.2 Å². The molecule has 8 aliphatic carbocycles. The van der Waals surface area contributed by atoms with Gasteiger partial charge in [-0.25, -0.2) is 0 Å². The Morgan fingerprint density at radius 2 is 0.977 bits per heavy atom. The molecule has 0 aromatic heterocycles. The van der Waals surface area contributed by atoms with E-state index >= 15 is 0 Å². The van der Waals surface area contributed by atoms with Gasteiger partial charge in [0.05, 0.1) is 12.2 Å². The van der Waals surface area contributed by atoms with Gasteiger partial charge in [0, 0.05) is 23.7 Å². The highest BCUT2D eigenvalue weighted by molar-refractivity contribution is 5.87. The Labute approximate surface area is 259 Å². The summed E-state index contributed by atoms with van der Waals surface area (Å²) >= 11 is 0. The fraction of sp³-hybridized carbons (Fsp3) is 0.842. The minimum atomic E-state index is -0.0510. The van der Waals surface area contributed by atoms with Gasteiger partial charge < -0.3 is 0 Å². The van der Waals surface area contributed by atoms with Crippen LogP contribution in [0.3, 0.4) is 0 Å². The molecule has 12 unspecified atom stereocenters. The van der Waals surface area contributed by atoms with E-state index in [0.717, 1.165) is 77.0 Å². The highest BCUT2D eigenvalue weighted by atomic mass is 16.9. The molecule has 0 aromatic rings. The standard InChI is InChI=1S/C38H55NO4/c1-35-17-13-25(21-23(35)5-7-27-29-9-11-33(40)37(29,3)19-15-31(27)35)42-39-43-26-14-18-36(2)24(22-26)6-8-28-30-10-12-34(41)38(30,4)20-16-32(28)36/h5-6,25-32,39H,7-22H2,1-4H3. The zero-order chi connectivity index (χ0) is 29.8. The fourth-order valence-electron chi connectivity index (χ4n) is 13.2. The van der Waals surface area contributed by atoms with Gasteiger partial charge in [0.1, 0.15) is 11.6 Å². The van der Waals surface area contributed by atoms with E-state index in [1.54, 1.807) is 11.1 Å². The van der Waals surface area contributed by atoms with Crippen LogP contribution in [0.15, 0.2) is 23.3 Å². The molecule has 1 N–H and O–H groups in total. The quantitative estimate of drug-likeness (QED) is 0.264. The van der Waals surface area contributed by atoms with Crippen LogP contribution in [0.2, 0.25) is 0 Å². The first-order valence-electron chi connectivity index (χ1n) is 18.1. The average molecular weight is 590 g/mol. The number of carbonyl (C=O) groups is 2. The molecule has 0 radical (unpaired) electrons. The summed E-state index contributed by atoms with van der Waals surface area (Å²) in [6.45, 7) is 9.60. The van der Waals surface area contributed by atoms with Crippen molar-refractivity contribution in [3.8, 4) is 0 Å². The van der Waals surface area contributed by atoms with E-state index in [1.807, 2.05) is 0 Å². The lowest BCUT2D eigenvalue weighted by Gasteiger charge is -2.57. The predicted molar refractivity (Wildman–Crippen MR) is 166 cm³/mol. The smallest absolute Gasteiger partial charge is 0.139 e. The highest BCUT2D eigenvalue weighted by Crippen LogP contribution is 2.65. The van der Waals surface area contributed by atoms with E-state index < -0.39 is 0 Å². The first kappa shape index (κ1) is 29.1. The molecule has 236 valence electrons. The van der Waals surface area contributed by atoms with Crippen molar-refractivity contribution in [3.05, 3.63) is 23.3 Å². The van der Waals surface area contributed by atoms with Crippen LogP contribution >= 0.6 is 0 Å². The van der Waals surface area contributed by atoms with Gasteiger partial charge in [0.25, 0.3) is 0 Å². The van der Waals surface area contributed by atoms with Gasteiger partial charge >= 0.3 is 0 Å². The molecule has 0 saturated heterocycles. The summed E-state index contributed by atoms with van der Waals surface area (Å²) in [5.74, 6) is 5.04. The molecule has 0 amide bonds. The number of ketones is 2. The fourth-order valence-corrected chi connectivity index (χ4v) is 13.2. The second kappa shape index (κ2) is 10.1. The molecule has 6 saturated carbocycles. The van der Waals surface area contributed by atoms with Crippen LogP contribution in [0.4, 0.5) is 0 Å². The van der Waals surface area contributed by atoms with Gasteiger partial charge in [-0.05, 0) is 136 Å². The summed E-state index contributed by atoms with van der Waals surface area (Å²) in [5.41, 5.74) is 6.63. The van der Waals surface area contributed by atoms with Gasteiger partial charge in [-0.3, -0.25) is 19.3 Å².